The summed E-state index contributed by atoms with van der Waals surface area (Å²) in [6, 6.07) is 13.9. The molecule has 0 aliphatic carbocycles. The van der Waals surface area contributed by atoms with Gasteiger partial charge in [0.25, 0.3) is 0 Å². The van der Waals surface area contributed by atoms with E-state index in [2.05, 4.69) is 23.2 Å². The van der Waals surface area contributed by atoms with Crippen LogP contribution in [0, 0.1) is 34.0 Å². The molecule has 1 aromatic heterocycles. The molecule has 1 saturated heterocycles. The quantitative estimate of drug-likeness (QED) is 0.836. The van der Waals surface area contributed by atoms with E-state index in [0.29, 0.717) is 23.6 Å². The zero-order chi connectivity index (χ0) is 20.8. The zero-order valence-electron chi connectivity index (χ0n) is 16.4. The van der Waals surface area contributed by atoms with Crippen molar-refractivity contribution in [1.82, 2.24) is 4.98 Å². The first-order chi connectivity index (χ1) is 14.1. The summed E-state index contributed by atoms with van der Waals surface area (Å²) in [6.07, 6.45) is 3.48. The first-order valence-corrected chi connectivity index (χ1v) is 9.54. The monoisotopic (exact) mass is 386 g/mol. The van der Waals surface area contributed by atoms with E-state index in [9.17, 15) is 15.8 Å². The molecule has 1 aromatic carbocycles. The van der Waals surface area contributed by atoms with Gasteiger partial charge in [-0.2, -0.15) is 15.8 Å². The van der Waals surface area contributed by atoms with E-state index in [0.717, 1.165) is 37.9 Å². The molecule has 1 fully saturated rings. The minimum absolute atomic E-state index is 0.0629. The Labute approximate surface area is 170 Å². The topological polar surface area (TPSA) is 123 Å². The third kappa shape index (κ3) is 4.08. The van der Waals surface area contributed by atoms with E-state index in [1.165, 1.54) is 0 Å². The molecule has 1 atom stereocenters. The van der Waals surface area contributed by atoms with E-state index in [-0.39, 0.29) is 16.9 Å². The molecule has 0 radical (unpaired) electrons. The van der Waals surface area contributed by atoms with Crippen molar-refractivity contribution in [2.45, 2.75) is 31.6 Å². The second-order valence-electron chi connectivity index (χ2n) is 6.99. The summed E-state index contributed by atoms with van der Waals surface area (Å²) >= 11 is 0. The van der Waals surface area contributed by atoms with Crippen LogP contribution in [-0.4, -0.2) is 25.2 Å². The molecule has 2 heterocycles. The van der Waals surface area contributed by atoms with Crippen molar-refractivity contribution in [3.8, 4) is 24.0 Å². The lowest BCUT2D eigenvalue weighted by atomic mass is 9.87. The molecule has 1 aliphatic rings. The molecule has 3 rings (SSSR count). The van der Waals surface area contributed by atoms with E-state index in [1.54, 1.807) is 7.11 Å². The highest BCUT2D eigenvalue weighted by Gasteiger charge is 2.28. The number of hydrogen-bond acceptors (Lipinski definition) is 7. The molecule has 0 bridgehead atoms. The molecule has 29 heavy (non-hydrogen) atoms. The van der Waals surface area contributed by atoms with Crippen molar-refractivity contribution in [2.75, 3.05) is 30.8 Å². The molecule has 2 aromatic rings. The van der Waals surface area contributed by atoms with Gasteiger partial charge in [0.05, 0.1) is 19.1 Å². The SMILES string of the molecule is COc1cccc(CC(C#N)c2c(C#N)c(N)nc(N3CCCCC3)c2C#N)c1. The molecule has 0 amide bonds. The van der Waals surface area contributed by atoms with Crippen molar-refractivity contribution in [3.63, 3.8) is 0 Å². The fraction of sp³-hybridized carbons (Fsp3) is 0.364. The highest BCUT2D eigenvalue weighted by Crippen LogP contribution is 2.35. The van der Waals surface area contributed by atoms with Gasteiger partial charge in [-0.15, -0.1) is 0 Å². The van der Waals surface area contributed by atoms with E-state index in [4.69, 9.17) is 10.5 Å². The Bertz CT molecular complexity index is 1020. The van der Waals surface area contributed by atoms with Crippen LogP contribution in [-0.2, 0) is 6.42 Å². The number of rotatable bonds is 5. The van der Waals surface area contributed by atoms with Crippen LogP contribution >= 0.6 is 0 Å². The van der Waals surface area contributed by atoms with Crippen molar-refractivity contribution in [1.29, 1.82) is 15.8 Å². The maximum atomic E-state index is 9.94. The lowest BCUT2D eigenvalue weighted by molar-refractivity contribution is 0.414. The van der Waals surface area contributed by atoms with Gasteiger partial charge in [0.1, 0.15) is 40.7 Å². The maximum Gasteiger partial charge on any atom is 0.149 e. The summed E-state index contributed by atoms with van der Waals surface area (Å²) in [5.41, 5.74) is 7.72. The molecule has 7 heteroatoms. The number of piperidine rings is 1. The highest BCUT2D eigenvalue weighted by molar-refractivity contribution is 5.70. The Morgan fingerprint density at radius 3 is 2.48 bits per heavy atom. The summed E-state index contributed by atoms with van der Waals surface area (Å²) in [5, 5.41) is 29.6. The summed E-state index contributed by atoms with van der Waals surface area (Å²) < 4.78 is 5.26. The van der Waals surface area contributed by atoms with Gasteiger partial charge in [-0.25, -0.2) is 4.98 Å². The smallest absolute Gasteiger partial charge is 0.149 e. The Kier molecular flexibility index (Phi) is 6.17. The van der Waals surface area contributed by atoms with Gasteiger partial charge in [-0.05, 0) is 43.4 Å². The van der Waals surface area contributed by atoms with Crippen LogP contribution in [0.15, 0.2) is 24.3 Å². The number of anilines is 2. The fourth-order valence-electron chi connectivity index (χ4n) is 3.77. The minimum Gasteiger partial charge on any atom is -0.497 e. The second kappa shape index (κ2) is 8.95. The molecule has 146 valence electrons. The number of pyridine rings is 1. The zero-order valence-corrected chi connectivity index (χ0v) is 16.4. The first-order valence-electron chi connectivity index (χ1n) is 9.54. The van der Waals surface area contributed by atoms with Crippen LogP contribution in [0.4, 0.5) is 11.6 Å². The van der Waals surface area contributed by atoms with Crippen molar-refractivity contribution in [2.24, 2.45) is 0 Å². The van der Waals surface area contributed by atoms with Gasteiger partial charge < -0.3 is 15.4 Å². The molecule has 1 aliphatic heterocycles. The highest BCUT2D eigenvalue weighted by atomic mass is 16.5. The summed E-state index contributed by atoms with van der Waals surface area (Å²) in [7, 11) is 1.58. The average Bonchev–Trinajstić information content (AvgIpc) is 2.77. The van der Waals surface area contributed by atoms with Gasteiger partial charge >= 0.3 is 0 Å². The van der Waals surface area contributed by atoms with Gasteiger partial charge in [0.15, 0.2) is 0 Å². The van der Waals surface area contributed by atoms with Crippen molar-refractivity contribution >= 4 is 11.6 Å². The predicted molar refractivity (Wildman–Crippen MR) is 109 cm³/mol. The normalized spacial score (nSPS) is 14.3. The Morgan fingerprint density at radius 2 is 1.86 bits per heavy atom. The van der Waals surface area contributed by atoms with E-state index < -0.39 is 5.92 Å². The third-order valence-corrected chi connectivity index (χ3v) is 5.20. The number of ether oxygens (including phenoxy) is 1. The van der Waals surface area contributed by atoms with E-state index in [1.807, 2.05) is 29.2 Å². The second-order valence-corrected chi connectivity index (χ2v) is 6.99. The minimum atomic E-state index is -0.708. The van der Waals surface area contributed by atoms with Crippen LogP contribution < -0.4 is 15.4 Å². The van der Waals surface area contributed by atoms with Crippen LogP contribution in [0.1, 0.15) is 47.4 Å². The number of nitrogen functional groups attached to an aromatic ring is 1. The first kappa shape index (κ1) is 20.0. The number of methoxy groups -OCH3 is 1. The van der Waals surface area contributed by atoms with Gasteiger partial charge in [0.2, 0.25) is 0 Å². The van der Waals surface area contributed by atoms with Gasteiger partial charge in [0, 0.05) is 18.7 Å². The summed E-state index contributed by atoms with van der Waals surface area (Å²) in [6.45, 7) is 1.55. The largest absolute Gasteiger partial charge is 0.497 e. The molecular formula is C22H22N6O. The number of aromatic nitrogens is 1. The molecule has 2 N–H and O–H groups in total. The van der Waals surface area contributed by atoms with E-state index >= 15 is 0 Å². The standard InChI is InChI=1S/C22H22N6O/c1-29-17-7-5-6-15(11-17)10-16(12-23)20-18(13-24)21(26)27-22(19(20)14-25)28-8-3-2-4-9-28/h5-7,11,16H,2-4,8-10H2,1H3,(H2,26,27). The van der Waals surface area contributed by atoms with Gasteiger partial charge in [-0.3, -0.25) is 0 Å². The number of hydrogen-bond donors (Lipinski definition) is 1. The van der Waals surface area contributed by atoms with Crippen LogP contribution in [0.2, 0.25) is 0 Å². The third-order valence-electron chi connectivity index (χ3n) is 5.20. The van der Waals surface area contributed by atoms with Crippen LogP contribution in [0.25, 0.3) is 0 Å². The van der Waals surface area contributed by atoms with Crippen LogP contribution in [0.5, 0.6) is 5.75 Å². The predicted octanol–water partition coefficient (Wildman–Crippen LogP) is 3.26. The molecule has 1 unspecified atom stereocenters. The van der Waals surface area contributed by atoms with Crippen LogP contribution in [0.3, 0.4) is 0 Å². The van der Waals surface area contributed by atoms with Gasteiger partial charge in [-0.1, -0.05) is 12.1 Å². The molecule has 0 saturated carbocycles. The molecule has 7 nitrogen and oxygen atoms in total. The number of nitrogens with zero attached hydrogens (tertiary/aromatic N) is 5. The number of nitriles is 3. The summed E-state index contributed by atoms with van der Waals surface area (Å²) in [5.74, 6) is 0.515. The maximum absolute atomic E-state index is 9.94. The molecule has 0 spiro atoms. The Hall–Kier alpha value is -3.76. The lowest BCUT2D eigenvalue weighted by Gasteiger charge is -2.30. The summed E-state index contributed by atoms with van der Waals surface area (Å²) in [4.78, 5) is 6.41. The van der Waals surface area contributed by atoms with Crippen molar-refractivity contribution in [3.05, 3.63) is 46.5 Å². The van der Waals surface area contributed by atoms with Crippen molar-refractivity contribution < 1.29 is 4.74 Å². The Balaban J connectivity index is 2.12. The Morgan fingerprint density at radius 1 is 1.14 bits per heavy atom. The number of nitrogens with two attached hydrogens (primary N) is 1. The fourth-order valence-corrected chi connectivity index (χ4v) is 3.77. The molecular weight excluding hydrogens is 364 g/mol. The number of benzene rings is 1. The lowest BCUT2D eigenvalue weighted by Crippen LogP contribution is -2.31. The average molecular weight is 386 g/mol.